The monoisotopic (exact) mass is 465 g/mol. The van der Waals surface area contributed by atoms with Crippen LogP contribution in [-0.4, -0.2) is 29.7 Å². The van der Waals surface area contributed by atoms with E-state index in [1.165, 1.54) is 5.56 Å². The van der Waals surface area contributed by atoms with Crippen LogP contribution < -0.4 is 10.6 Å². The zero-order valence-corrected chi connectivity index (χ0v) is 20.3. The van der Waals surface area contributed by atoms with Gasteiger partial charge >= 0.3 is 0 Å². The zero-order chi connectivity index (χ0) is 24.5. The molecule has 0 saturated heterocycles. The molecule has 6 nitrogen and oxygen atoms in total. The van der Waals surface area contributed by atoms with E-state index in [9.17, 15) is 5.26 Å². The number of benzene rings is 2. The molecule has 0 aliphatic heterocycles. The quantitative estimate of drug-likeness (QED) is 0.231. The predicted octanol–water partition coefficient (Wildman–Crippen LogP) is 6.17. The number of hydrogen-bond acceptors (Lipinski definition) is 5. The number of aryl methyl sites for hydroxylation is 1. The van der Waals surface area contributed by atoms with Crippen LogP contribution in [0.15, 0.2) is 61.1 Å². The highest BCUT2D eigenvalue weighted by Crippen LogP contribution is 2.31. The van der Waals surface area contributed by atoms with E-state index in [1.54, 1.807) is 12.4 Å². The molecule has 178 valence electrons. The van der Waals surface area contributed by atoms with Crippen LogP contribution in [0.25, 0.3) is 23.1 Å². The van der Waals surface area contributed by atoms with Gasteiger partial charge in [-0.2, -0.15) is 5.26 Å². The van der Waals surface area contributed by atoms with Gasteiger partial charge in [-0.15, -0.1) is 0 Å². The van der Waals surface area contributed by atoms with Crippen molar-refractivity contribution in [3.8, 4) is 6.07 Å². The fourth-order valence-corrected chi connectivity index (χ4v) is 3.99. The second-order valence-corrected chi connectivity index (χ2v) is 8.37. The number of aromatic amines is 1. The molecular weight excluding hydrogens is 434 g/mol. The van der Waals surface area contributed by atoms with Gasteiger partial charge in [0.1, 0.15) is 6.07 Å². The number of nitriles is 1. The molecule has 0 amide bonds. The highest BCUT2D eigenvalue weighted by atomic mass is 16.5. The van der Waals surface area contributed by atoms with Crippen LogP contribution in [0.1, 0.15) is 41.2 Å². The van der Waals surface area contributed by atoms with Gasteiger partial charge in [-0.25, -0.2) is 0 Å². The minimum Gasteiger partial charge on any atom is -0.382 e. The molecule has 0 aliphatic carbocycles. The van der Waals surface area contributed by atoms with Gasteiger partial charge < -0.3 is 20.4 Å². The van der Waals surface area contributed by atoms with Crippen molar-refractivity contribution in [2.45, 2.75) is 26.8 Å². The number of anilines is 2. The van der Waals surface area contributed by atoms with Crippen molar-refractivity contribution in [1.82, 2.24) is 15.3 Å². The van der Waals surface area contributed by atoms with Gasteiger partial charge in [-0.3, -0.25) is 4.98 Å². The molecule has 0 saturated carbocycles. The highest BCUT2D eigenvalue weighted by Gasteiger charge is 2.11. The summed E-state index contributed by atoms with van der Waals surface area (Å²) in [4.78, 5) is 7.51. The Balaban J connectivity index is 1.47. The maximum Gasteiger partial charge on any atom is 0.103 e. The first-order valence-corrected chi connectivity index (χ1v) is 12.0. The maximum atomic E-state index is 9.70. The standard InChI is InChI=1S/C29H31N5O/c1-3-35-16-4-14-31-18-23-7-5-22(6-8-23)9-10-24-19-32-20-25(17-30)29(24)34-27-11-12-28-26(21(27)2)13-15-33-28/h5-13,15,19-20,31,33H,3-4,14,16,18H2,1-2H3,(H,32,34). The molecule has 0 bridgehead atoms. The summed E-state index contributed by atoms with van der Waals surface area (Å²) >= 11 is 0. The minimum absolute atomic E-state index is 0.506. The Kier molecular flexibility index (Phi) is 8.29. The van der Waals surface area contributed by atoms with Crippen LogP contribution in [0.3, 0.4) is 0 Å². The molecule has 2 aromatic carbocycles. The SMILES string of the molecule is CCOCCCNCc1ccc(C=Cc2cncc(C#N)c2Nc2ccc3[nH]ccc3c2C)cc1. The fourth-order valence-electron chi connectivity index (χ4n) is 3.99. The molecule has 2 heterocycles. The summed E-state index contributed by atoms with van der Waals surface area (Å²) in [7, 11) is 0. The lowest BCUT2D eigenvalue weighted by molar-refractivity contribution is 0.144. The van der Waals surface area contributed by atoms with E-state index in [2.05, 4.69) is 63.9 Å². The molecule has 6 heteroatoms. The van der Waals surface area contributed by atoms with E-state index < -0.39 is 0 Å². The fraction of sp³-hybridized carbons (Fsp3) is 0.241. The van der Waals surface area contributed by atoms with Crippen molar-refractivity contribution in [1.29, 1.82) is 5.26 Å². The lowest BCUT2D eigenvalue weighted by atomic mass is 10.1. The van der Waals surface area contributed by atoms with Crippen LogP contribution in [0.5, 0.6) is 0 Å². The summed E-state index contributed by atoms with van der Waals surface area (Å²) in [6, 6.07) is 16.9. The first-order chi connectivity index (χ1) is 17.2. The number of hydrogen-bond donors (Lipinski definition) is 3. The summed E-state index contributed by atoms with van der Waals surface area (Å²) in [5.41, 5.74) is 7.63. The van der Waals surface area contributed by atoms with E-state index in [0.29, 0.717) is 5.56 Å². The number of fused-ring (bicyclic) bond motifs is 1. The Hall–Kier alpha value is -3.92. The third-order valence-electron chi connectivity index (χ3n) is 5.97. The molecular formula is C29H31N5O. The van der Waals surface area contributed by atoms with Crippen molar-refractivity contribution in [3.63, 3.8) is 0 Å². The normalized spacial score (nSPS) is 11.2. The lowest BCUT2D eigenvalue weighted by Crippen LogP contribution is -2.16. The number of aromatic nitrogens is 2. The third kappa shape index (κ3) is 6.15. The largest absolute Gasteiger partial charge is 0.382 e. The van der Waals surface area contributed by atoms with Crippen LogP contribution in [0, 0.1) is 18.3 Å². The Labute approximate surface area is 206 Å². The van der Waals surface area contributed by atoms with Crippen LogP contribution in [-0.2, 0) is 11.3 Å². The first-order valence-electron chi connectivity index (χ1n) is 12.0. The zero-order valence-electron chi connectivity index (χ0n) is 20.3. The van der Waals surface area contributed by atoms with Crippen LogP contribution in [0.4, 0.5) is 11.4 Å². The molecule has 35 heavy (non-hydrogen) atoms. The van der Waals surface area contributed by atoms with Gasteiger partial charge in [0, 0.05) is 60.5 Å². The van der Waals surface area contributed by atoms with Crippen LogP contribution in [0.2, 0.25) is 0 Å². The summed E-state index contributed by atoms with van der Waals surface area (Å²) in [6.07, 6.45) is 10.4. The summed E-state index contributed by atoms with van der Waals surface area (Å²) in [5.74, 6) is 0. The number of nitrogens with one attached hydrogen (secondary N) is 3. The van der Waals surface area contributed by atoms with Gasteiger partial charge in [0.05, 0.1) is 11.3 Å². The van der Waals surface area contributed by atoms with Gasteiger partial charge in [-0.1, -0.05) is 36.4 Å². The second kappa shape index (κ2) is 12.0. The summed E-state index contributed by atoms with van der Waals surface area (Å²) < 4.78 is 5.36. The van der Waals surface area contributed by atoms with Gasteiger partial charge in [-0.05, 0) is 61.7 Å². The summed E-state index contributed by atoms with van der Waals surface area (Å²) in [5, 5.41) is 17.8. The Bertz CT molecular complexity index is 1330. The number of ether oxygens (including phenoxy) is 1. The predicted molar refractivity (Wildman–Crippen MR) is 143 cm³/mol. The molecule has 4 rings (SSSR count). The molecule has 0 spiro atoms. The molecule has 2 aromatic heterocycles. The molecule has 0 fully saturated rings. The Morgan fingerprint density at radius 2 is 1.94 bits per heavy atom. The summed E-state index contributed by atoms with van der Waals surface area (Å²) in [6.45, 7) is 7.44. The topological polar surface area (TPSA) is 85.8 Å². The van der Waals surface area contributed by atoms with Gasteiger partial charge in [0.25, 0.3) is 0 Å². The molecule has 3 N–H and O–H groups in total. The Morgan fingerprint density at radius 3 is 2.74 bits per heavy atom. The number of H-pyrrole nitrogens is 1. The molecule has 0 radical (unpaired) electrons. The lowest BCUT2D eigenvalue weighted by Gasteiger charge is -2.14. The third-order valence-corrected chi connectivity index (χ3v) is 5.97. The van der Waals surface area contributed by atoms with Crippen molar-refractivity contribution in [3.05, 3.63) is 88.9 Å². The number of pyridine rings is 1. The Morgan fingerprint density at radius 1 is 1.09 bits per heavy atom. The van der Waals surface area contributed by atoms with Crippen LogP contribution >= 0.6 is 0 Å². The second-order valence-electron chi connectivity index (χ2n) is 8.37. The molecule has 0 atom stereocenters. The maximum absolute atomic E-state index is 9.70. The van der Waals surface area contributed by atoms with E-state index in [1.807, 2.05) is 37.4 Å². The average molecular weight is 466 g/mol. The van der Waals surface area contributed by atoms with E-state index in [-0.39, 0.29) is 0 Å². The van der Waals surface area contributed by atoms with Crippen molar-refractivity contribution in [2.75, 3.05) is 25.1 Å². The van der Waals surface area contributed by atoms with Crippen molar-refractivity contribution >= 4 is 34.4 Å². The van der Waals surface area contributed by atoms with Crippen molar-refractivity contribution < 1.29 is 4.74 Å². The number of rotatable bonds is 11. The number of nitrogens with zero attached hydrogens (tertiary/aromatic N) is 2. The first kappa shape index (κ1) is 24.2. The van der Waals surface area contributed by atoms with E-state index >= 15 is 0 Å². The smallest absolute Gasteiger partial charge is 0.103 e. The molecule has 0 unspecified atom stereocenters. The van der Waals surface area contributed by atoms with E-state index in [0.717, 1.165) is 71.7 Å². The highest BCUT2D eigenvalue weighted by molar-refractivity contribution is 5.90. The van der Waals surface area contributed by atoms with E-state index in [4.69, 9.17) is 4.74 Å². The minimum atomic E-state index is 0.506. The van der Waals surface area contributed by atoms with Gasteiger partial charge in [0.2, 0.25) is 0 Å². The average Bonchev–Trinajstić information content (AvgIpc) is 3.37. The van der Waals surface area contributed by atoms with Gasteiger partial charge in [0.15, 0.2) is 0 Å². The molecule has 0 aliphatic rings. The van der Waals surface area contributed by atoms with Crippen molar-refractivity contribution in [2.24, 2.45) is 0 Å². The molecule has 4 aromatic rings.